The van der Waals surface area contributed by atoms with Gasteiger partial charge in [0, 0.05) is 24.5 Å². The first-order chi connectivity index (χ1) is 7.25. The molecule has 2 N–H and O–H groups in total. The third kappa shape index (κ3) is 3.01. The highest BCUT2D eigenvalue weighted by Crippen LogP contribution is 2.21. The molecule has 1 atom stereocenters. The molecule has 0 saturated carbocycles. The van der Waals surface area contributed by atoms with E-state index >= 15 is 0 Å². The van der Waals surface area contributed by atoms with E-state index in [1.165, 1.54) is 0 Å². The topological polar surface area (TPSA) is 43.7 Å². The lowest BCUT2D eigenvalue weighted by molar-refractivity contribution is 0.0518. The quantitative estimate of drug-likeness (QED) is 0.816. The van der Waals surface area contributed by atoms with Crippen LogP contribution in [0.5, 0.6) is 0 Å². The van der Waals surface area contributed by atoms with Crippen LogP contribution in [0.3, 0.4) is 0 Å². The molecule has 0 amide bonds. The predicted molar refractivity (Wildman–Crippen MR) is 61.0 cm³/mol. The Labute approximate surface area is 94.0 Å². The summed E-state index contributed by atoms with van der Waals surface area (Å²) in [7, 11) is 0. The second-order valence-corrected chi connectivity index (χ2v) is 5.04. The average molecular weight is 227 g/mol. The molecular formula is C11H17NO2S. The summed E-state index contributed by atoms with van der Waals surface area (Å²) < 4.78 is 0. The maximum Gasteiger partial charge on any atom is 0.101 e. The lowest BCUT2D eigenvalue weighted by atomic mass is 10.1. The van der Waals surface area contributed by atoms with Gasteiger partial charge in [-0.25, -0.2) is 0 Å². The van der Waals surface area contributed by atoms with E-state index < -0.39 is 0 Å². The standard InChI is InChI=1S/C11H17NO2S/c13-9-3-5-12(6-4-9)8-10(14)11-2-1-7-15-11/h1-2,7,9-10,13-14H,3-6,8H2. The van der Waals surface area contributed by atoms with Gasteiger partial charge in [-0.3, -0.25) is 0 Å². The number of β-amino-alcohol motifs (C(OH)–C–C–N with tert-alkyl or cyclic N) is 1. The molecule has 4 heteroatoms. The summed E-state index contributed by atoms with van der Waals surface area (Å²) in [5, 5.41) is 21.3. The Bertz CT molecular complexity index is 281. The van der Waals surface area contributed by atoms with Crippen molar-refractivity contribution in [3.05, 3.63) is 22.4 Å². The minimum atomic E-state index is -0.375. The molecule has 1 aliphatic rings. The number of piperidine rings is 1. The van der Waals surface area contributed by atoms with Gasteiger partial charge in [-0.2, -0.15) is 0 Å². The molecule has 1 aromatic heterocycles. The highest BCUT2D eigenvalue weighted by Gasteiger charge is 2.20. The molecular weight excluding hydrogens is 210 g/mol. The van der Waals surface area contributed by atoms with Crippen molar-refractivity contribution in [2.45, 2.75) is 25.0 Å². The van der Waals surface area contributed by atoms with Crippen LogP contribution < -0.4 is 0 Å². The van der Waals surface area contributed by atoms with Crippen LogP contribution in [0, 0.1) is 0 Å². The molecule has 1 aromatic rings. The number of rotatable bonds is 3. The molecule has 0 aromatic carbocycles. The van der Waals surface area contributed by atoms with Gasteiger partial charge in [-0.15, -0.1) is 11.3 Å². The predicted octanol–water partition coefficient (Wildman–Crippen LogP) is 1.24. The summed E-state index contributed by atoms with van der Waals surface area (Å²) in [6.45, 7) is 2.47. The smallest absolute Gasteiger partial charge is 0.101 e. The zero-order valence-corrected chi connectivity index (χ0v) is 9.49. The largest absolute Gasteiger partial charge is 0.393 e. The van der Waals surface area contributed by atoms with Crippen molar-refractivity contribution < 1.29 is 10.2 Å². The van der Waals surface area contributed by atoms with Crippen molar-refractivity contribution in [2.75, 3.05) is 19.6 Å². The first kappa shape index (κ1) is 11.1. The Morgan fingerprint density at radius 3 is 2.80 bits per heavy atom. The fourth-order valence-corrected chi connectivity index (χ4v) is 2.62. The number of hydrogen-bond acceptors (Lipinski definition) is 4. The molecule has 0 radical (unpaired) electrons. The highest BCUT2D eigenvalue weighted by molar-refractivity contribution is 7.10. The van der Waals surface area contributed by atoms with Gasteiger partial charge in [0.1, 0.15) is 6.10 Å². The SMILES string of the molecule is OC1CCN(CC(O)c2cccs2)CC1. The third-order valence-corrected chi connectivity index (χ3v) is 3.83. The Kier molecular flexibility index (Phi) is 3.75. The summed E-state index contributed by atoms with van der Waals surface area (Å²) in [5.74, 6) is 0. The molecule has 2 heterocycles. The van der Waals surface area contributed by atoms with Gasteiger partial charge in [-0.05, 0) is 24.3 Å². The van der Waals surface area contributed by atoms with E-state index in [1.54, 1.807) is 11.3 Å². The number of aliphatic hydroxyl groups is 2. The van der Waals surface area contributed by atoms with E-state index in [9.17, 15) is 10.2 Å². The molecule has 84 valence electrons. The maximum absolute atomic E-state index is 9.93. The molecule has 15 heavy (non-hydrogen) atoms. The fourth-order valence-electron chi connectivity index (χ4n) is 1.92. The third-order valence-electron chi connectivity index (χ3n) is 2.86. The van der Waals surface area contributed by atoms with Gasteiger partial charge >= 0.3 is 0 Å². The van der Waals surface area contributed by atoms with Crippen molar-refractivity contribution in [1.82, 2.24) is 4.90 Å². The van der Waals surface area contributed by atoms with E-state index in [4.69, 9.17) is 0 Å². The van der Waals surface area contributed by atoms with Crippen LogP contribution in [0.25, 0.3) is 0 Å². The van der Waals surface area contributed by atoms with Gasteiger partial charge in [0.2, 0.25) is 0 Å². The van der Waals surface area contributed by atoms with Crippen LogP contribution in [0.4, 0.5) is 0 Å². The van der Waals surface area contributed by atoms with Gasteiger partial charge in [0.05, 0.1) is 6.10 Å². The average Bonchev–Trinajstić information content (AvgIpc) is 2.74. The van der Waals surface area contributed by atoms with Crippen LogP contribution in [-0.2, 0) is 0 Å². The Balaban J connectivity index is 1.82. The van der Waals surface area contributed by atoms with E-state index in [0.717, 1.165) is 30.8 Å². The summed E-state index contributed by atoms with van der Waals surface area (Å²) in [6, 6.07) is 3.93. The van der Waals surface area contributed by atoms with E-state index in [-0.39, 0.29) is 12.2 Å². The molecule has 2 rings (SSSR count). The summed E-state index contributed by atoms with van der Waals surface area (Å²) >= 11 is 1.59. The molecule has 0 bridgehead atoms. The van der Waals surface area contributed by atoms with E-state index in [2.05, 4.69) is 4.90 Å². The van der Waals surface area contributed by atoms with Crippen LogP contribution in [-0.4, -0.2) is 40.9 Å². The molecule has 1 saturated heterocycles. The monoisotopic (exact) mass is 227 g/mol. The van der Waals surface area contributed by atoms with Crippen molar-refractivity contribution >= 4 is 11.3 Å². The van der Waals surface area contributed by atoms with Gasteiger partial charge in [0.15, 0.2) is 0 Å². The number of hydrogen-bond donors (Lipinski definition) is 2. The van der Waals surface area contributed by atoms with Crippen molar-refractivity contribution in [2.24, 2.45) is 0 Å². The van der Waals surface area contributed by atoms with Gasteiger partial charge in [0.25, 0.3) is 0 Å². The lowest BCUT2D eigenvalue weighted by Crippen LogP contribution is -2.38. The Morgan fingerprint density at radius 2 is 2.20 bits per heavy atom. The first-order valence-electron chi connectivity index (χ1n) is 5.37. The maximum atomic E-state index is 9.93. The van der Waals surface area contributed by atoms with Crippen molar-refractivity contribution in [3.8, 4) is 0 Å². The zero-order chi connectivity index (χ0) is 10.7. The second-order valence-electron chi connectivity index (χ2n) is 4.06. The van der Waals surface area contributed by atoms with Gasteiger partial charge < -0.3 is 15.1 Å². The van der Waals surface area contributed by atoms with Crippen molar-refractivity contribution in [1.29, 1.82) is 0 Å². The Morgan fingerprint density at radius 1 is 1.47 bits per heavy atom. The molecule has 0 spiro atoms. The minimum absolute atomic E-state index is 0.139. The van der Waals surface area contributed by atoms with E-state index in [0.29, 0.717) is 6.54 Å². The minimum Gasteiger partial charge on any atom is -0.393 e. The molecule has 3 nitrogen and oxygen atoms in total. The fraction of sp³-hybridized carbons (Fsp3) is 0.636. The highest BCUT2D eigenvalue weighted by atomic mass is 32.1. The Hall–Kier alpha value is -0.420. The van der Waals surface area contributed by atoms with Crippen molar-refractivity contribution in [3.63, 3.8) is 0 Å². The summed E-state index contributed by atoms with van der Waals surface area (Å²) in [6.07, 6.45) is 1.15. The summed E-state index contributed by atoms with van der Waals surface area (Å²) in [4.78, 5) is 3.25. The molecule has 1 unspecified atom stereocenters. The van der Waals surface area contributed by atoms with Crippen LogP contribution in [0.2, 0.25) is 0 Å². The van der Waals surface area contributed by atoms with Crippen LogP contribution in [0.1, 0.15) is 23.8 Å². The van der Waals surface area contributed by atoms with Gasteiger partial charge in [-0.1, -0.05) is 6.07 Å². The molecule has 1 fully saturated rings. The number of thiophene rings is 1. The zero-order valence-electron chi connectivity index (χ0n) is 8.67. The van der Waals surface area contributed by atoms with E-state index in [1.807, 2.05) is 17.5 Å². The molecule has 1 aliphatic heterocycles. The molecule has 0 aliphatic carbocycles. The summed E-state index contributed by atoms with van der Waals surface area (Å²) in [5.41, 5.74) is 0. The number of nitrogens with zero attached hydrogens (tertiary/aromatic N) is 1. The first-order valence-corrected chi connectivity index (χ1v) is 6.25. The van der Waals surface area contributed by atoms with Crippen LogP contribution >= 0.6 is 11.3 Å². The number of likely N-dealkylation sites (tertiary alicyclic amines) is 1. The lowest BCUT2D eigenvalue weighted by Gasteiger charge is -2.30. The van der Waals surface area contributed by atoms with Crippen LogP contribution in [0.15, 0.2) is 17.5 Å². The normalized spacial score (nSPS) is 21.7. The number of aliphatic hydroxyl groups excluding tert-OH is 2. The second kappa shape index (κ2) is 5.07.